The Morgan fingerprint density at radius 1 is 1.64 bits per heavy atom. The molecule has 3 heteroatoms. The van der Waals surface area contributed by atoms with E-state index in [9.17, 15) is 0 Å². The zero-order valence-corrected chi connectivity index (χ0v) is 11.1. The van der Waals surface area contributed by atoms with E-state index in [1.165, 1.54) is 23.5 Å². The topological polar surface area (TPSA) is 12.9 Å². The molecule has 1 aromatic heterocycles. The van der Waals surface area contributed by atoms with Crippen molar-refractivity contribution in [2.75, 3.05) is 5.33 Å². The lowest BCUT2D eigenvalue weighted by Crippen LogP contribution is -2.24. The van der Waals surface area contributed by atoms with E-state index in [0.717, 1.165) is 17.7 Å². The number of thiazole rings is 1. The predicted octanol–water partition coefficient (Wildman–Crippen LogP) is 3.81. The Morgan fingerprint density at radius 2 is 2.36 bits per heavy atom. The lowest BCUT2D eigenvalue weighted by Gasteiger charge is -2.26. The maximum absolute atomic E-state index is 4.55. The van der Waals surface area contributed by atoms with E-state index in [4.69, 9.17) is 0 Å². The standard InChI is InChI=1S/C11H16BrNS/c1-8-13-10(6-14-8)5-11(2,7-12)9-3-4-9/h6,9H,3-5,7H2,1-2H3. The van der Waals surface area contributed by atoms with Gasteiger partial charge in [0.05, 0.1) is 10.7 Å². The van der Waals surface area contributed by atoms with Gasteiger partial charge in [0.25, 0.3) is 0 Å². The summed E-state index contributed by atoms with van der Waals surface area (Å²) < 4.78 is 0. The summed E-state index contributed by atoms with van der Waals surface area (Å²) in [6.07, 6.45) is 3.95. The van der Waals surface area contributed by atoms with Crippen LogP contribution in [0.5, 0.6) is 0 Å². The van der Waals surface area contributed by atoms with Gasteiger partial charge in [0.1, 0.15) is 0 Å². The van der Waals surface area contributed by atoms with Crippen LogP contribution in [-0.2, 0) is 6.42 Å². The van der Waals surface area contributed by atoms with Gasteiger partial charge in [-0.2, -0.15) is 0 Å². The first-order valence-corrected chi connectivity index (χ1v) is 7.11. The molecule has 0 spiro atoms. The summed E-state index contributed by atoms with van der Waals surface area (Å²) in [7, 11) is 0. The minimum Gasteiger partial charge on any atom is -0.247 e. The van der Waals surface area contributed by atoms with Crippen LogP contribution in [0, 0.1) is 18.3 Å². The van der Waals surface area contributed by atoms with Gasteiger partial charge in [-0.05, 0) is 37.5 Å². The van der Waals surface area contributed by atoms with Crippen LogP contribution in [0.1, 0.15) is 30.5 Å². The minimum atomic E-state index is 0.431. The number of alkyl halides is 1. The highest BCUT2D eigenvalue weighted by molar-refractivity contribution is 9.09. The number of rotatable bonds is 4. The molecular formula is C11H16BrNS. The van der Waals surface area contributed by atoms with Crippen LogP contribution in [0.3, 0.4) is 0 Å². The van der Waals surface area contributed by atoms with Crippen molar-refractivity contribution in [2.45, 2.75) is 33.1 Å². The number of aryl methyl sites for hydroxylation is 1. The first-order valence-electron chi connectivity index (χ1n) is 5.11. The van der Waals surface area contributed by atoms with E-state index in [1.54, 1.807) is 11.3 Å². The zero-order valence-electron chi connectivity index (χ0n) is 8.72. The summed E-state index contributed by atoms with van der Waals surface area (Å²) in [5, 5.41) is 4.49. The van der Waals surface area contributed by atoms with Crippen molar-refractivity contribution >= 4 is 27.3 Å². The first kappa shape index (κ1) is 10.6. The van der Waals surface area contributed by atoms with Crippen LogP contribution in [0.4, 0.5) is 0 Å². The Balaban J connectivity index is 2.07. The molecule has 1 aliphatic carbocycles. The van der Waals surface area contributed by atoms with Gasteiger partial charge in [-0.3, -0.25) is 0 Å². The molecule has 1 aliphatic rings. The molecule has 1 fully saturated rings. The molecule has 14 heavy (non-hydrogen) atoms. The van der Waals surface area contributed by atoms with E-state index in [1.807, 2.05) is 0 Å². The Kier molecular flexibility index (Phi) is 2.98. The minimum absolute atomic E-state index is 0.431. The van der Waals surface area contributed by atoms with Crippen molar-refractivity contribution in [3.05, 3.63) is 16.1 Å². The van der Waals surface area contributed by atoms with Gasteiger partial charge in [0.15, 0.2) is 0 Å². The summed E-state index contributed by atoms with van der Waals surface area (Å²) in [6.45, 7) is 4.46. The molecule has 0 N–H and O–H groups in total. The second-order valence-corrected chi connectivity index (χ2v) is 6.22. The fourth-order valence-corrected chi connectivity index (χ4v) is 3.25. The summed E-state index contributed by atoms with van der Waals surface area (Å²) in [6, 6.07) is 0. The summed E-state index contributed by atoms with van der Waals surface area (Å²) in [5.74, 6) is 0.920. The van der Waals surface area contributed by atoms with Crippen LogP contribution in [0.15, 0.2) is 5.38 Å². The molecule has 1 heterocycles. The highest BCUT2D eigenvalue weighted by atomic mass is 79.9. The van der Waals surface area contributed by atoms with E-state index >= 15 is 0 Å². The Hall–Kier alpha value is 0.110. The molecular weight excluding hydrogens is 258 g/mol. The van der Waals surface area contributed by atoms with Crippen molar-refractivity contribution in [2.24, 2.45) is 11.3 Å². The van der Waals surface area contributed by atoms with E-state index in [0.29, 0.717) is 5.41 Å². The molecule has 2 rings (SSSR count). The van der Waals surface area contributed by atoms with Crippen LogP contribution >= 0.6 is 27.3 Å². The van der Waals surface area contributed by atoms with Crippen molar-refractivity contribution in [1.82, 2.24) is 4.98 Å². The van der Waals surface area contributed by atoms with Crippen molar-refractivity contribution in [1.29, 1.82) is 0 Å². The van der Waals surface area contributed by atoms with Crippen LogP contribution < -0.4 is 0 Å². The maximum Gasteiger partial charge on any atom is 0.0897 e. The van der Waals surface area contributed by atoms with Crippen molar-refractivity contribution in [3.63, 3.8) is 0 Å². The van der Waals surface area contributed by atoms with Crippen LogP contribution in [0.2, 0.25) is 0 Å². The normalized spacial score (nSPS) is 20.8. The van der Waals surface area contributed by atoms with Crippen molar-refractivity contribution < 1.29 is 0 Å². The van der Waals surface area contributed by atoms with Gasteiger partial charge in [-0.15, -0.1) is 11.3 Å². The maximum atomic E-state index is 4.55. The van der Waals surface area contributed by atoms with Crippen molar-refractivity contribution in [3.8, 4) is 0 Å². The first-order chi connectivity index (χ1) is 6.64. The molecule has 1 nitrogen and oxygen atoms in total. The fraction of sp³-hybridized carbons (Fsp3) is 0.727. The third-order valence-corrected chi connectivity index (χ3v) is 5.22. The number of aromatic nitrogens is 1. The Bertz CT molecular complexity index is 319. The Morgan fingerprint density at radius 3 is 2.79 bits per heavy atom. The van der Waals surface area contributed by atoms with E-state index < -0.39 is 0 Å². The van der Waals surface area contributed by atoms with Gasteiger partial charge in [-0.25, -0.2) is 4.98 Å². The summed E-state index contributed by atoms with van der Waals surface area (Å²) in [4.78, 5) is 4.55. The van der Waals surface area contributed by atoms with Gasteiger partial charge in [0, 0.05) is 10.7 Å². The number of hydrogen-bond acceptors (Lipinski definition) is 2. The Labute approximate surface area is 98.1 Å². The molecule has 0 bridgehead atoms. The molecule has 1 aromatic rings. The SMILES string of the molecule is Cc1nc(CC(C)(CBr)C2CC2)cs1. The molecule has 1 atom stereocenters. The quantitative estimate of drug-likeness (QED) is 0.761. The number of hydrogen-bond donors (Lipinski definition) is 0. The zero-order chi connectivity index (χ0) is 10.2. The average molecular weight is 274 g/mol. The second kappa shape index (κ2) is 3.93. The van der Waals surface area contributed by atoms with E-state index in [2.05, 4.69) is 40.1 Å². The predicted molar refractivity (Wildman–Crippen MR) is 65.2 cm³/mol. The summed E-state index contributed by atoms with van der Waals surface area (Å²) in [5.41, 5.74) is 1.71. The van der Waals surface area contributed by atoms with Crippen LogP contribution in [-0.4, -0.2) is 10.3 Å². The van der Waals surface area contributed by atoms with Crippen LogP contribution in [0.25, 0.3) is 0 Å². The third kappa shape index (κ3) is 2.19. The summed E-state index contributed by atoms with van der Waals surface area (Å²) >= 11 is 5.41. The van der Waals surface area contributed by atoms with Gasteiger partial charge >= 0.3 is 0 Å². The molecule has 0 saturated heterocycles. The highest BCUT2D eigenvalue weighted by Gasteiger charge is 2.40. The van der Waals surface area contributed by atoms with Gasteiger partial charge < -0.3 is 0 Å². The third-order valence-electron chi connectivity index (χ3n) is 3.12. The molecule has 0 aliphatic heterocycles. The smallest absolute Gasteiger partial charge is 0.0897 e. The van der Waals surface area contributed by atoms with Gasteiger partial charge in [0.2, 0.25) is 0 Å². The molecule has 0 radical (unpaired) electrons. The highest BCUT2D eigenvalue weighted by Crippen LogP contribution is 2.48. The average Bonchev–Trinajstić information content (AvgIpc) is 2.93. The molecule has 78 valence electrons. The number of halogens is 1. The molecule has 0 amide bonds. The lowest BCUT2D eigenvalue weighted by atomic mass is 9.83. The second-order valence-electron chi connectivity index (χ2n) is 4.60. The largest absolute Gasteiger partial charge is 0.247 e. The molecule has 0 aromatic carbocycles. The monoisotopic (exact) mass is 273 g/mol. The molecule has 1 saturated carbocycles. The number of nitrogens with zero attached hydrogens (tertiary/aromatic N) is 1. The van der Waals surface area contributed by atoms with E-state index in [-0.39, 0.29) is 0 Å². The lowest BCUT2D eigenvalue weighted by molar-refractivity contribution is 0.316. The molecule has 1 unspecified atom stereocenters. The van der Waals surface area contributed by atoms with Gasteiger partial charge in [-0.1, -0.05) is 22.9 Å². The fourth-order valence-electron chi connectivity index (χ4n) is 1.98.